The molecule has 0 saturated carbocycles. The van der Waals surface area contributed by atoms with Gasteiger partial charge in [0.25, 0.3) is 0 Å². The number of ether oxygens (including phenoxy) is 2. The van der Waals surface area contributed by atoms with Gasteiger partial charge in [-0.05, 0) is 37.8 Å². The molecule has 2 saturated heterocycles. The minimum Gasteiger partial charge on any atom is -0.382 e. The molecule has 1 N–H and O–H groups in total. The maximum atomic E-state index is 12.1. The Morgan fingerprint density at radius 1 is 1.15 bits per heavy atom. The average molecular weight is 307 g/mol. The summed E-state index contributed by atoms with van der Waals surface area (Å²) in [4.78, 5) is 14.1. The summed E-state index contributed by atoms with van der Waals surface area (Å²) in [5.41, 5.74) is 0. The van der Waals surface area contributed by atoms with Crippen LogP contribution in [0.5, 0.6) is 0 Å². The number of methoxy groups -OCH3 is 1. The van der Waals surface area contributed by atoms with Crippen LogP contribution in [0, 0.1) is 11.8 Å². The molecule has 118 valence electrons. The van der Waals surface area contributed by atoms with E-state index in [9.17, 15) is 4.79 Å². The molecular formula is C14H27ClN2O3. The summed E-state index contributed by atoms with van der Waals surface area (Å²) in [6.45, 7) is 5.76. The van der Waals surface area contributed by atoms with E-state index in [4.69, 9.17) is 9.47 Å². The number of carbonyl (C=O) groups excluding carboxylic acids is 1. The van der Waals surface area contributed by atoms with Gasteiger partial charge in [0.05, 0.1) is 26.2 Å². The predicted molar refractivity (Wildman–Crippen MR) is 80.2 cm³/mol. The van der Waals surface area contributed by atoms with Gasteiger partial charge >= 0.3 is 0 Å². The van der Waals surface area contributed by atoms with Crippen LogP contribution in [-0.2, 0) is 14.3 Å². The normalized spacial score (nSPS) is 25.8. The second-order valence-electron chi connectivity index (χ2n) is 5.49. The maximum Gasteiger partial charge on any atom is 0.224 e. The third-order valence-electron chi connectivity index (χ3n) is 4.26. The standard InChI is InChI=1S/C14H26N2O3.ClH/c1-18-8-9-19-7-4-14(17)16-5-2-12-10-15-11-13(12)3-6-16;/h12-13,15H,2-11H2,1H3;1H/t12-,13+;. The molecule has 5 nitrogen and oxygen atoms in total. The second-order valence-corrected chi connectivity index (χ2v) is 5.49. The number of halogens is 1. The zero-order valence-electron chi connectivity index (χ0n) is 12.3. The van der Waals surface area contributed by atoms with E-state index in [1.807, 2.05) is 4.90 Å². The molecule has 0 spiro atoms. The number of carbonyl (C=O) groups is 1. The van der Waals surface area contributed by atoms with E-state index in [2.05, 4.69) is 5.32 Å². The Balaban J connectivity index is 0.00000200. The molecule has 20 heavy (non-hydrogen) atoms. The van der Waals surface area contributed by atoms with Crippen molar-refractivity contribution in [3.8, 4) is 0 Å². The molecule has 2 fully saturated rings. The average Bonchev–Trinajstić information content (AvgIpc) is 2.77. The molecule has 6 heteroatoms. The van der Waals surface area contributed by atoms with Crippen molar-refractivity contribution in [1.29, 1.82) is 0 Å². The zero-order chi connectivity index (χ0) is 13.5. The number of amides is 1. The van der Waals surface area contributed by atoms with Gasteiger partial charge in [0.15, 0.2) is 0 Å². The van der Waals surface area contributed by atoms with E-state index in [0.29, 0.717) is 26.2 Å². The first kappa shape index (κ1) is 17.7. The van der Waals surface area contributed by atoms with Crippen molar-refractivity contribution in [3.05, 3.63) is 0 Å². The van der Waals surface area contributed by atoms with E-state index in [-0.39, 0.29) is 18.3 Å². The van der Waals surface area contributed by atoms with Gasteiger partial charge in [-0.3, -0.25) is 4.79 Å². The number of hydrogen-bond donors (Lipinski definition) is 1. The van der Waals surface area contributed by atoms with Crippen molar-refractivity contribution in [3.63, 3.8) is 0 Å². The highest BCUT2D eigenvalue weighted by Crippen LogP contribution is 2.27. The van der Waals surface area contributed by atoms with E-state index >= 15 is 0 Å². The first-order chi connectivity index (χ1) is 9.31. The molecule has 2 heterocycles. The minimum atomic E-state index is 0. The van der Waals surface area contributed by atoms with Crippen LogP contribution in [0.25, 0.3) is 0 Å². The quantitative estimate of drug-likeness (QED) is 0.742. The number of likely N-dealkylation sites (tertiary alicyclic amines) is 1. The van der Waals surface area contributed by atoms with Crippen LogP contribution in [0.1, 0.15) is 19.3 Å². The smallest absolute Gasteiger partial charge is 0.224 e. The number of rotatable bonds is 6. The highest BCUT2D eigenvalue weighted by Gasteiger charge is 2.31. The molecule has 0 aromatic carbocycles. The molecule has 0 aromatic rings. The Kier molecular flexibility index (Phi) is 8.45. The van der Waals surface area contributed by atoms with Gasteiger partial charge < -0.3 is 19.7 Å². The second kappa shape index (κ2) is 9.55. The van der Waals surface area contributed by atoms with E-state index in [1.54, 1.807) is 7.11 Å². The van der Waals surface area contributed by atoms with Gasteiger partial charge in [-0.25, -0.2) is 0 Å². The topological polar surface area (TPSA) is 50.8 Å². The van der Waals surface area contributed by atoms with Gasteiger partial charge in [-0.15, -0.1) is 12.4 Å². The van der Waals surface area contributed by atoms with E-state index < -0.39 is 0 Å². The van der Waals surface area contributed by atoms with Crippen LogP contribution >= 0.6 is 12.4 Å². The molecule has 0 unspecified atom stereocenters. The van der Waals surface area contributed by atoms with Crippen molar-refractivity contribution in [2.45, 2.75) is 19.3 Å². The molecule has 0 aromatic heterocycles. The largest absolute Gasteiger partial charge is 0.382 e. The van der Waals surface area contributed by atoms with Gasteiger partial charge in [0.2, 0.25) is 5.91 Å². The molecule has 2 atom stereocenters. The molecule has 1 amide bonds. The Labute approximate surface area is 127 Å². The van der Waals surface area contributed by atoms with E-state index in [0.717, 1.165) is 50.9 Å². The third kappa shape index (κ3) is 5.20. The van der Waals surface area contributed by atoms with Crippen LogP contribution in [0.3, 0.4) is 0 Å². The predicted octanol–water partition coefficient (Wildman–Crippen LogP) is 0.919. The molecule has 2 rings (SSSR count). The fourth-order valence-electron chi connectivity index (χ4n) is 3.03. The van der Waals surface area contributed by atoms with Crippen LogP contribution < -0.4 is 5.32 Å². The summed E-state index contributed by atoms with van der Waals surface area (Å²) in [5.74, 6) is 1.79. The van der Waals surface area contributed by atoms with Crippen molar-refractivity contribution < 1.29 is 14.3 Å². The lowest BCUT2D eigenvalue weighted by Crippen LogP contribution is -2.33. The number of nitrogens with one attached hydrogen (secondary N) is 1. The summed E-state index contributed by atoms with van der Waals surface area (Å²) >= 11 is 0. The van der Waals surface area contributed by atoms with Crippen molar-refractivity contribution in [2.24, 2.45) is 11.8 Å². The lowest BCUT2D eigenvalue weighted by Gasteiger charge is -2.20. The number of fused-ring (bicyclic) bond motifs is 1. The van der Waals surface area contributed by atoms with Gasteiger partial charge in [-0.2, -0.15) is 0 Å². The Morgan fingerprint density at radius 3 is 2.40 bits per heavy atom. The molecule has 0 aliphatic carbocycles. The fourth-order valence-corrected chi connectivity index (χ4v) is 3.03. The SMILES string of the molecule is COCCOCCC(=O)N1CC[C@@H]2CNC[C@@H]2CC1.Cl. The number of nitrogens with zero attached hydrogens (tertiary/aromatic N) is 1. The number of hydrogen-bond acceptors (Lipinski definition) is 4. The first-order valence-electron chi connectivity index (χ1n) is 7.36. The highest BCUT2D eigenvalue weighted by atomic mass is 35.5. The highest BCUT2D eigenvalue weighted by molar-refractivity contribution is 5.85. The summed E-state index contributed by atoms with van der Waals surface area (Å²) in [6.07, 6.45) is 2.79. The minimum absolute atomic E-state index is 0. The summed E-state index contributed by atoms with van der Waals surface area (Å²) in [6, 6.07) is 0. The summed E-state index contributed by atoms with van der Waals surface area (Å²) < 4.78 is 10.3. The fraction of sp³-hybridized carbons (Fsp3) is 0.929. The Morgan fingerprint density at radius 2 is 1.80 bits per heavy atom. The van der Waals surface area contributed by atoms with Gasteiger partial charge in [-0.1, -0.05) is 0 Å². The monoisotopic (exact) mass is 306 g/mol. The van der Waals surface area contributed by atoms with Crippen LogP contribution in [-0.4, -0.2) is 63.9 Å². The maximum absolute atomic E-state index is 12.1. The van der Waals surface area contributed by atoms with Crippen molar-refractivity contribution >= 4 is 18.3 Å². The Bertz CT molecular complexity index is 278. The van der Waals surface area contributed by atoms with Crippen LogP contribution in [0.2, 0.25) is 0 Å². The van der Waals surface area contributed by atoms with Crippen LogP contribution in [0.15, 0.2) is 0 Å². The molecule has 2 aliphatic heterocycles. The first-order valence-corrected chi connectivity index (χ1v) is 7.36. The van der Waals surface area contributed by atoms with Crippen molar-refractivity contribution in [1.82, 2.24) is 10.2 Å². The molecule has 0 bridgehead atoms. The zero-order valence-corrected chi connectivity index (χ0v) is 13.1. The van der Waals surface area contributed by atoms with E-state index in [1.165, 1.54) is 0 Å². The summed E-state index contributed by atoms with van der Waals surface area (Å²) in [7, 11) is 1.65. The molecular weight excluding hydrogens is 280 g/mol. The molecule has 2 aliphatic rings. The van der Waals surface area contributed by atoms with Gasteiger partial charge in [0, 0.05) is 20.2 Å². The Hall–Kier alpha value is -0.360. The lowest BCUT2D eigenvalue weighted by atomic mass is 9.92. The van der Waals surface area contributed by atoms with Crippen molar-refractivity contribution in [2.75, 3.05) is 53.1 Å². The van der Waals surface area contributed by atoms with Crippen LogP contribution in [0.4, 0.5) is 0 Å². The lowest BCUT2D eigenvalue weighted by molar-refractivity contribution is -0.132. The van der Waals surface area contributed by atoms with Gasteiger partial charge in [0.1, 0.15) is 0 Å². The molecule has 0 radical (unpaired) electrons. The summed E-state index contributed by atoms with van der Waals surface area (Å²) in [5, 5.41) is 3.45. The third-order valence-corrected chi connectivity index (χ3v) is 4.26.